The second kappa shape index (κ2) is 10.7. The average Bonchev–Trinajstić information content (AvgIpc) is 2.17. The highest BCUT2D eigenvalue weighted by Crippen LogP contribution is 2.09. The van der Waals surface area contributed by atoms with Crippen LogP contribution >= 0.6 is 11.8 Å². The Kier molecular flexibility index (Phi) is 11.8. The summed E-state index contributed by atoms with van der Waals surface area (Å²) >= 11 is 0.583. The van der Waals surface area contributed by atoms with Crippen LogP contribution in [0.25, 0.3) is 0 Å². The molecule has 0 unspecified atom stereocenters. The normalized spacial score (nSPS) is 8.85. The Labute approximate surface area is 83.6 Å². The maximum Gasteiger partial charge on any atom is 0.233 e. The van der Waals surface area contributed by atoms with Crippen LogP contribution in [0.4, 0.5) is 0 Å². The lowest BCUT2D eigenvalue weighted by atomic mass is 10.3. The molecule has 0 aliphatic carbocycles. The van der Waals surface area contributed by atoms with E-state index in [4.69, 9.17) is 5.26 Å². The average molecular weight is 195 g/mol. The molecule has 0 fully saturated rings. The SMILES string of the molecule is C=C/C=C(\C=C)C(=O)SC#N.CC. The van der Waals surface area contributed by atoms with Gasteiger partial charge >= 0.3 is 0 Å². The number of hydrogen-bond acceptors (Lipinski definition) is 3. The lowest BCUT2D eigenvalue weighted by Crippen LogP contribution is -1.91. The molecular formula is C10H13NOS. The van der Waals surface area contributed by atoms with Crippen LogP contribution in [-0.4, -0.2) is 5.12 Å². The fraction of sp³-hybridized carbons (Fsp3) is 0.200. The molecule has 0 aliphatic rings. The smallest absolute Gasteiger partial charge is 0.233 e. The first-order chi connectivity index (χ1) is 6.26. The Balaban J connectivity index is 0. The van der Waals surface area contributed by atoms with Crippen LogP contribution in [0, 0.1) is 10.7 Å². The minimum absolute atomic E-state index is 0.303. The molecule has 70 valence electrons. The van der Waals surface area contributed by atoms with E-state index in [-0.39, 0.29) is 5.12 Å². The van der Waals surface area contributed by atoms with Crippen molar-refractivity contribution in [2.45, 2.75) is 13.8 Å². The number of carbonyl (C=O) groups excluding carboxylic acids is 1. The van der Waals surface area contributed by atoms with E-state index in [0.717, 1.165) is 0 Å². The van der Waals surface area contributed by atoms with Gasteiger partial charge in [-0.05, 0) is 0 Å². The molecule has 0 aromatic heterocycles. The van der Waals surface area contributed by atoms with E-state index in [2.05, 4.69) is 13.2 Å². The lowest BCUT2D eigenvalue weighted by Gasteiger charge is -1.91. The van der Waals surface area contributed by atoms with Crippen molar-refractivity contribution in [2.24, 2.45) is 0 Å². The van der Waals surface area contributed by atoms with E-state index < -0.39 is 0 Å². The van der Waals surface area contributed by atoms with Crippen LogP contribution in [0.1, 0.15) is 13.8 Å². The zero-order chi connectivity index (χ0) is 10.7. The minimum Gasteiger partial charge on any atom is -0.280 e. The number of hydrogen-bond donors (Lipinski definition) is 0. The highest BCUT2D eigenvalue weighted by atomic mass is 32.2. The van der Waals surface area contributed by atoms with Crippen molar-refractivity contribution in [3.05, 3.63) is 37.0 Å². The fourth-order valence-electron chi connectivity index (χ4n) is 0.447. The molecule has 0 spiro atoms. The summed E-state index contributed by atoms with van der Waals surface area (Å²) in [6.07, 6.45) is 4.39. The maximum atomic E-state index is 10.9. The van der Waals surface area contributed by atoms with Gasteiger partial charge in [0.05, 0.1) is 0 Å². The molecule has 0 rings (SSSR count). The van der Waals surface area contributed by atoms with Gasteiger partial charge < -0.3 is 0 Å². The van der Waals surface area contributed by atoms with Gasteiger partial charge in [-0.3, -0.25) is 4.79 Å². The van der Waals surface area contributed by atoms with Gasteiger partial charge in [-0.25, -0.2) is 0 Å². The summed E-state index contributed by atoms with van der Waals surface area (Å²) in [5.41, 5.74) is 0.395. The molecule has 0 heterocycles. The Morgan fingerprint density at radius 1 is 1.46 bits per heavy atom. The van der Waals surface area contributed by atoms with Crippen molar-refractivity contribution in [3.8, 4) is 5.40 Å². The van der Waals surface area contributed by atoms with Gasteiger partial charge in [0, 0.05) is 17.3 Å². The Hall–Kier alpha value is -1.27. The van der Waals surface area contributed by atoms with E-state index in [0.29, 0.717) is 17.3 Å². The number of thiocyanates is 1. The lowest BCUT2D eigenvalue weighted by molar-refractivity contribution is -0.107. The molecule has 0 N–H and O–H groups in total. The van der Waals surface area contributed by atoms with Crippen LogP contribution in [0.15, 0.2) is 37.0 Å². The van der Waals surface area contributed by atoms with Gasteiger partial charge in [0.2, 0.25) is 5.12 Å². The zero-order valence-corrected chi connectivity index (χ0v) is 8.73. The number of thioether (sulfide) groups is 1. The van der Waals surface area contributed by atoms with E-state index in [1.165, 1.54) is 18.2 Å². The quantitative estimate of drug-likeness (QED) is 0.395. The molecule has 0 radical (unpaired) electrons. The summed E-state index contributed by atoms with van der Waals surface area (Å²) in [6, 6.07) is 0. The first-order valence-electron chi connectivity index (χ1n) is 3.81. The van der Waals surface area contributed by atoms with Crippen molar-refractivity contribution in [2.75, 3.05) is 0 Å². The van der Waals surface area contributed by atoms with E-state index in [1.807, 2.05) is 13.8 Å². The Morgan fingerprint density at radius 3 is 2.31 bits per heavy atom. The van der Waals surface area contributed by atoms with Gasteiger partial charge in [0.1, 0.15) is 5.40 Å². The zero-order valence-electron chi connectivity index (χ0n) is 7.91. The fourth-order valence-corrected chi connectivity index (χ4v) is 0.799. The van der Waals surface area contributed by atoms with Gasteiger partial charge in [-0.2, -0.15) is 5.26 Å². The van der Waals surface area contributed by atoms with Gasteiger partial charge in [-0.15, -0.1) is 0 Å². The van der Waals surface area contributed by atoms with Gasteiger partial charge in [-0.1, -0.05) is 45.2 Å². The first-order valence-corrected chi connectivity index (χ1v) is 4.63. The summed E-state index contributed by atoms with van der Waals surface area (Å²) in [4.78, 5) is 10.9. The summed E-state index contributed by atoms with van der Waals surface area (Å²) in [5.74, 6) is 0. The summed E-state index contributed by atoms with van der Waals surface area (Å²) in [5, 5.41) is 9.54. The van der Waals surface area contributed by atoms with Gasteiger partial charge in [0.25, 0.3) is 0 Å². The van der Waals surface area contributed by atoms with E-state index >= 15 is 0 Å². The number of nitriles is 1. The predicted octanol–water partition coefficient (Wildman–Crippen LogP) is 3.05. The molecular weight excluding hydrogens is 182 g/mol. The molecule has 0 aromatic rings. The number of carbonyl (C=O) groups is 1. The second-order valence-electron chi connectivity index (χ2n) is 1.54. The molecule has 3 heteroatoms. The number of nitrogens with zero attached hydrogens (tertiary/aromatic N) is 1. The molecule has 0 atom stereocenters. The monoisotopic (exact) mass is 195 g/mol. The molecule has 0 saturated heterocycles. The third-order valence-electron chi connectivity index (χ3n) is 0.891. The Morgan fingerprint density at radius 2 is 2.00 bits per heavy atom. The van der Waals surface area contributed by atoms with Crippen molar-refractivity contribution >= 4 is 16.9 Å². The van der Waals surface area contributed by atoms with Crippen molar-refractivity contribution in [1.82, 2.24) is 0 Å². The highest BCUT2D eigenvalue weighted by Gasteiger charge is 2.04. The third kappa shape index (κ3) is 7.10. The molecule has 0 aliphatic heterocycles. The topological polar surface area (TPSA) is 40.9 Å². The van der Waals surface area contributed by atoms with Crippen LogP contribution in [0.5, 0.6) is 0 Å². The molecule has 0 aromatic carbocycles. The maximum absolute atomic E-state index is 10.9. The standard InChI is InChI=1S/C8H7NOS.C2H6/c1-3-5-7(4-2)8(10)11-6-9;1-2/h3-5H,1-2H2;1-2H3/b7-5+;. The van der Waals surface area contributed by atoms with E-state index in [1.54, 1.807) is 5.40 Å². The van der Waals surface area contributed by atoms with Crippen molar-refractivity contribution < 1.29 is 4.79 Å². The summed E-state index contributed by atoms with van der Waals surface area (Å²) in [6.45, 7) is 10.8. The largest absolute Gasteiger partial charge is 0.280 e. The summed E-state index contributed by atoms with van der Waals surface area (Å²) < 4.78 is 0. The molecule has 0 bridgehead atoms. The highest BCUT2D eigenvalue weighted by molar-refractivity contribution is 8.18. The van der Waals surface area contributed by atoms with Crippen LogP contribution in [0.2, 0.25) is 0 Å². The number of rotatable bonds is 3. The summed E-state index contributed by atoms with van der Waals surface area (Å²) in [7, 11) is 0. The van der Waals surface area contributed by atoms with Gasteiger partial charge in [0.15, 0.2) is 0 Å². The molecule has 2 nitrogen and oxygen atoms in total. The molecule has 0 amide bonds. The molecule has 0 saturated carbocycles. The molecule has 13 heavy (non-hydrogen) atoms. The minimum atomic E-state index is -0.303. The third-order valence-corrected chi connectivity index (χ3v) is 1.40. The Bertz CT molecular complexity index is 248. The second-order valence-corrected chi connectivity index (χ2v) is 2.30. The van der Waals surface area contributed by atoms with Crippen molar-refractivity contribution in [3.63, 3.8) is 0 Å². The number of allylic oxidation sites excluding steroid dienone is 3. The van der Waals surface area contributed by atoms with Crippen molar-refractivity contribution in [1.29, 1.82) is 5.26 Å². The first kappa shape index (κ1) is 14.3. The predicted molar refractivity (Wildman–Crippen MR) is 58.0 cm³/mol. The van der Waals surface area contributed by atoms with E-state index in [9.17, 15) is 4.79 Å². The van der Waals surface area contributed by atoms with Crippen LogP contribution in [-0.2, 0) is 4.79 Å². The van der Waals surface area contributed by atoms with Crippen LogP contribution < -0.4 is 0 Å². The van der Waals surface area contributed by atoms with Crippen LogP contribution in [0.3, 0.4) is 0 Å².